The first-order valence-electron chi connectivity index (χ1n) is 6.06. The first-order valence-corrected chi connectivity index (χ1v) is 6.85. The van der Waals surface area contributed by atoms with E-state index in [1.165, 1.54) is 0 Å². The second-order valence-electron chi connectivity index (χ2n) is 4.48. The molecule has 1 aromatic carbocycles. The van der Waals surface area contributed by atoms with Crippen molar-refractivity contribution >= 4 is 21.9 Å². The van der Waals surface area contributed by atoms with Gasteiger partial charge < -0.3 is 9.84 Å². The highest BCUT2D eigenvalue weighted by molar-refractivity contribution is 9.10. The van der Waals surface area contributed by atoms with Crippen molar-refractivity contribution in [1.82, 2.24) is 4.98 Å². The van der Waals surface area contributed by atoms with Crippen molar-refractivity contribution in [1.29, 1.82) is 0 Å². The molecule has 0 radical (unpaired) electrons. The Morgan fingerprint density at radius 3 is 2.55 bits per heavy atom. The van der Waals surface area contributed by atoms with Crippen molar-refractivity contribution in [2.45, 2.75) is 20.5 Å². The fraction of sp³-hybridized carbons (Fsp3) is 0.200. The Labute approximate surface area is 125 Å². The van der Waals surface area contributed by atoms with Crippen molar-refractivity contribution in [2.75, 3.05) is 0 Å². The molecule has 0 saturated carbocycles. The van der Waals surface area contributed by atoms with Gasteiger partial charge in [0.05, 0.1) is 0 Å². The second kappa shape index (κ2) is 6.05. The van der Waals surface area contributed by atoms with E-state index in [2.05, 4.69) is 20.9 Å². The number of aromatic nitrogens is 1. The van der Waals surface area contributed by atoms with Crippen molar-refractivity contribution < 1.29 is 14.6 Å². The highest BCUT2D eigenvalue weighted by Gasteiger charge is 2.17. The number of aryl methyl sites for hydroxylation is 2. The molecule has 2 aromatic rings. The van der Waals surface area contributed by atoms with Crippen LogP contribution in [0.1, 0.15) is 27.2 Å². The van der Waals surface area contributed by atoms with Crippen LogP contribution in [0.2, 0.25) is 0 Å². The van der Waals surface area contributed by atoms with Gasteiger partial charge in [0, 0.05) is 10.2 Å². The Morgan fingerprint density at radius 2 is 1.95 bits per heavy atom. The molecule has 0 saturated heterocycles. The molecule has 0 unspecified atom stereocenters. The van der Waals surface area contributed by atoms with Crippen LogP contribution in [0.5, 0.6) is 5.88 Å². The summed E-state index contributed by atoms with van der Waals surface area (Å²) in [5.74, 6) is -0.862. The van der Waals surface area contributed by atoms with Crippen LogP contribution in [0, 0.1) is 13.8 Å². The molecule has 1 heterocycles. The summed E-state index contributed by atoms with van der Waals surface area (Å²) in [5, 5.41) is 9.24. The Morgan fingerprint density at radius 1 is 1.30 bits per heavy atom. The summed E-state index contributed by atoms with van der Waals surface area (Å²) >= 11 is 3.36. The number of halogens is 1. The number of rotatable bonds is 4. The highest BCUT2D eigenvalue weighted by Crippen LogP contribution is 2.22. The molecular weight excluding hydrogens is 322 g/mol. The fourth-order valence-corrected chi connectivity index (χ4v) is 2.16. The number of hydrogen-bond donors (Lipinski definition) is 1. The van der Waals surface area contributed by atoms with Gasteiger partial charge in [-0.1, -0.05) is 28.1 Å². The lowest BCUT2D eigenvalue weighted by Crippen LogP contribution is -2.08. The van der Waals surface area contributed by atoms with Crippen LogP contribution < -0.4 is 4.74 Å². The van der Waals surface area contributed by atoms with Gasteiger partial charge in [-0.3, -0.25) is 0 Å². The van der Waals surface area contributed by atoms with Crippen LogP contribution in [0.3, 0.4) is 0 Å². The van der Waals surface area contributed by atoms with Crippen LogP contribution in [0.4, 0.5) is 0 Å². The lowest BCUT2D eigenvalue weighted by atomic mass is 10.1. The van der Waals surface area contributed by atoms with E-state index in [1.54, 1.807) is 13.0 Å². The number of carboxylic acids is 1. The smallest absolute Gasteiger partial charge is 0.341 e. The number of benzene rings is 1. The van der Waals surface area contributed by atoms with Gasteiger partial charge in [-0.2, -0.15) is 0 Å². The van der Waals surface area contributed by atoms with Crippen molar-refractivity contribution in [3.05, 3.63) is 57.2 Å². The second-order valence-corrected chi connectivity index (χ2v) is 5.40. The maximum absolute atomic E-state index is 11.3. The third-order valence-corrected chi connectivity index (χ3v) is 3.34. The van der Waals surface area contributed by atoms with E-state index in [4.69, 9.17) is 4.74 Å². The molecule has 2 rings (SSSR count). The van der Waals surface area contributed by atoms with Crippen molar-refractivity contribution in [2.24, 2.45) is 0 Å². The summed E-state index contributed by atoms with van der Waals surface area (Å²) < 4.78 is 6.56. The molecular formula is C15H14BrNO3. The molecule has 0 bridgehead atoms. The number of nitrogens with zero attached hydrogens (tertiary/aromatic N) is 1. The Bertz CT molecular complexity index is 638. The molecule has 1 N–H and O–H groups in total. The quantitative estimate of drug-likeness (QED) is 0.924. The number of carboxylic acid groups (broad SMARTS) is 1. The molecule has 104 valence electrons. The minimum atomic E-state index is -1.03. The lowest BCUT2D eigenvalue weighted by Gasteiger charge is -2.11. The Hall–Kier alpha value is -1.88. The molecule has 0 amide bonds. The average Bonchev–Trinajstić information content (AvgIpc) is 2.36. The van der Waals surface area contributed by atoms with E-state index in [0.717, 1.165) is 15.7 Å². The maximum Gasteiger partial charge on any atom is 0.341 e. The number of carbonyl (C=O) groups is 1. The van der Waals surface area contributed by atoms with E-state index in [-0.39, 0.29) is 18.1 Å². The van der Waals surface area contributed by atoms with E-state index < -0.39 is 5.97 Å². The molecule has 20 heavy (non-hydrogen) atoms. The van der Waals surface area contributed by atoms with Crippen molar-refractivity contribution in [3.8, 4) is 5.88 Å². The van der Waals surface area contributed by atoms with Crippen molar-refractivity contribution in [3.63, 3.8) is 0 Å². The Kier molecular flexibility index (Phi) is 4.39. The van der Waals surface area contributed by atoms with E-state index in [9.17, 15) is 9.90 Å². The van der Waals surface area contributed by atoms with Gasteiger partial charge in [-0.25, -0.2) is 9.78 Å². The number of pyridine rings is 1. The standard InChI is InChI=1S/C15H14BrNO3/c1-9-7-10(2)17-14(13(9)15(18)19)20-8-11-3-5-12(16)6-4-11/h3-7H,8H2,1-2H3,(H,18,19). The van der Waals surface area contributed by atoms with Gasteiger partial charge in [0.2, 0.25) is 5.88 Å². The van der Waals surface area contributed by atoms with Crippen LogP contribution in [-0.4, -0.2) is 16.1 Å². The third-order valence-electron chi connectivity index (χ3n) is 2.81. The molecule has 0 fully saturated rings. The van der Waals surface area contributed by atoms with Crippen LogP contribution in [0.25, 0.3) is 0 Å². The van der Waals surface area contributed by atoms with Crippen LogP contribution in [-0.2, 0) is 6.61 Å². The molecule has 0 spiro atoms. The zero-order chi connectivity index (χ0) is 14.7. The van der Waals surface area contributed by atoms with Crippen LogP contribution >= 0.6 is 15.9 Å². The molecule has 0 aliphatic rings. The summed E-state index contributed by atoms with van der Waals surface area (Å²) in [4.78, 5) is 15.5. The topological polar surface area (TPSA) is 59.4 Å². The van der Waals surface area contributed by atoms with E-state index >= 15 is 0 Å². The summed E-state index contributed by atoms with van der Waals surface area (Å²) in [5.41, 5.74) is 2.45. The highest BCUT2D eigenvalue weighted by atomic mass is 79.9. The summed E-state index contributed by atoms with van der Waals surface area (Å²) in [6, 6.07) is 9.37. The van der Waals surface area contributed by atoms with E-state index in [0.29, 0.717) is 5.56 Å². The minimum absolute atomic E-state index is 0.118. The third kappa shape index (κ3) is 3.36. The van der Waals surface area contributed by atoms with E-state index in [1.807, 2.05) is 31.2 Å². The maximum atomic E-state index is 11.3. The van der Waals surface area contributed by atoms with Gasteiger partial charge in [0.25, 0.3) is 0 Å². The summed E-state index contributed by atoms with van der Waals surface area (Å²) in [6.07, 6.45) is 0. The van der Waals surface area contributed by atoms with Crippen LogP contribution in [0.15, 0.2) is 34.8 Å². The normalized spacial score (nSPS) is 10.3. The SMILES string of the molecule is Cc1cc(C)c(C(=O)O)c(OCc2ccc(Br)cc2)n1. The number of aromatic carboxylic acids is 1. The number of hydrogen-bond acceptors (Lipinski definition) is 3. The lowest BCUT2D eigenvalue weighted by molar-refractivity contribution is 0.0689. The van der Waals surface area contributed by atoms with Gasteiger partial charge in [-0.15, -0.1) is 0 Å². The Balaban J connectivity index is 2.24. The fourth-order valence-electron chi connectivity index (χ4n) is 1.90. The molecule has 0 atom stereocenters. The first-order chi connectivity index (χ1) is 9.47. The predicted octanol–water partition coefficient (Wildman–Crippen LogP) is 3.74. The summed E-state index contributed by atoms with van der Waals surface area (Å²) in [6.45, 7) is 3.83. The van der Waals surface area contributed by atoms with Gasteiger partial charge in [-0.05, 0) is 43.2 Å². The van der Waals surface area contributed by atoms with Gasteiger partial charge in [0.1, 0.15) is 12.2 Å². The number of ether oxygens (including phenoxy) is 1. The molecule has 5 heteroatoms. The monoisotopic (exact) mass is 335 g/mol. The molecule has 0 aliphatic heterocycles. The zero-order valence-corrected chi connectivity index (χ0v) is 12.8. The minimum Gasteiger partial charge on any atom is -0.477 e. The zero-order valence-electron chi connectivity index (χ0n) is 11.2. The largest absolute Gasteiger partial charge is 0.477 e. The van der Waals surface area contributed by atoms with Gasteiger partial charge >= 0.3 is 5.97 Å². The van der Waals surface area contributed by atoms with Gasteiger partial charge in [0.15, 0.2) is 0 Å². The molecule has 1 aromatic heterocycles. The first kappa shape index (κ1) is 14.5. The molecule has 4 nitrogen and oxygen atoms in total. The average molecular weight is 336 g/mol. The predicted molar refractivity (Wildman–Crippen MR) is 79.1 cm³/mol. The summed E-state index contributed by atoms with van der Waals surface area (Å²) in [7, 11) is 0. The molecule has 0 aliphatic carbocycles.